The van der Waals surface area contributed by atoms with Gasteiger partial charge >= 0.3 is 5.97 Å². The largest absolute Gasteiger partial charge is 0.469 e. The monoisotopic (exact) mass is 320 g/mol. The molecule has 0 bridgehead atoms. The van der Waals surface area contributed by atoms with Gasteiger partial charge in [0.2, 0.25) is 0 Å². The fourth-order valence-corrected chi connectivity index (χ4v) is 2.38. The van der Waals surface area contributed by atoms with Crippen molar-refractivity contribution in [2.75, 3.05) is 7.11 Å². The third-order valence-corrected chi connectivity index (χ3v) is 3.85. The summed E-state index contributed by atoms with van der Waals surface area (Å²) in [5.41, 5.74) is 3.10. The molecule has 0 rings (SSSR count). The van der Waals surface area contributed by atoms with Gasteiger partial charge in [-0.3, -0.25) is 4.79 Å². The van der Waals surface area contributed by atoms with E-state index in [4.69, 9.17) is 0 Å². The number of methoxy groups -OCH3 is 1. The Morgan fingerprint density at radius 3 is 2.17 bits per heavy atom. The molecule has 0 N–H and O–H groups in total. The smallest absolute Gasteiger partial charge is 0.305 e. The van der Waals surface area contributed by atoms with E-state index < -0.39 is 0 Å². The van der Waals surface area contributed by atoms with Gasteiger partial charge < -0.3 is 4.74 Å². The highest BCUT2D eigenvalue weighted by atomic mass is 16.5. The van der Waals surface area contributed by atoms with E-state index in [2.05, 4.69) is 29.5 Å². The van der Waals surface area contributed by atoms with E-state index in [0.29, 0.717) is 12.8 Å². The molecule has 0 radical (unpaired) electrons. The van der Waals surface area contributed by atoms with Crippen LogP contribution in [0.4, 0.5) is 0 Å². The second-order valence-corrected chi connectivity index (χ2v) is 6.01. The molecule has 0 aliphatic carbocycles. The van der Waals surface area contributed by atoms with Crippen molar-refractivity contribution in [1.82, 2.24) is 0 Å². The number of hydrogen-bond donors (Lipinski definition) is 0. The number of carbonyl (C=O) groups is 1. The summed E-state index contributed by atoms with van der Waals surface area (Å²) in [6.07, 6.45) is 24.1. The zero-order chi connectivity index (χ0) is 17.0. The van der Waals surface area contributed by atoms with Gasteiger partial charge in [-0.15, -0.1) is 5.73 Å². The third-order valence-electron chi connectivity index (χ3n) is 3.85. The lowest BCUT2D eigenvalue weighted by Crippen LogP contribution is -1.97. The molecule has 0 aromatic heterocycles. The van der Waals surface area contributed by atoms with Gasteiger partial charge in [0.25, 0.3) is 0 Å². The minimum atomic E-state index is -0.163. The van der Waals surface area contributed by atoms with E-state index in [0.717, 1.165) is 6.42 Å². The van der Waals surface area contributed by atoms with Crippen LogP contribution in [0.25, 0.3) is 0 Å². The lowest BCUT2D eigenvalue weighted by Gasteiger charge is -2.00. The number of ether oxygens (including phenoxy) is 1. The molecule has 0 aliphatic heterocycles. The predicted octanol–water partition coefficient (Wildman–Crippen LogP) is 6.52. The van der Waals surface area contributed by atoms with E-state index in [-0.39, 0.29) is 5.97 Å². The Morgan fingerprint density at radius 1 is 0.870 bits per heavy atom. The molecular weight excluding hydrogens is 284 g/mol. The Balaban J connectivity index is 3.31. The van der Waals surface area contributed by atoms with Crippen LogP contribution in [0.1, 0.15) is 90.4 Å². The van der Waals surface area contributed by atoms with Gasteiger partial charge in [0.1, 0.15) is 0 Å². The molecule has 23 heavy (non-hydrogen) atoms. The van der Waals surface area contributed by atoms with Crippen LogP contribution in [0.3, 0.4) is 0 Å². The summed E-state index contributed by atoms with van der Waals surface area (Å²) in [5, 5.41) is 0. The summed E-state index contributed by atoms with van der Waals surface area (Å²) in [5.74, 6) is -0.163. The average molecular weight is 321 g/mol. The maximum atomic E-state index is 10.9. The minimum absolute atomic E-state index is 0.163. The van der Waals surface area contributed by atoms with Crippen LogP contribution in [0.2, 0.25) is 0 Å². The van der Waals surface area contributed by atoms with Gasteiger partial charge in [-0.25, -0.2) is 0 Å². The van der Waals surface area contributed by atoms with E-state index in [9.17, 15) is 4.79 Å². The highest BCUT2D eigenvalue weighted by Crippen LogP contribution is 2.10. The Bertz CT molecular complexity index is 349. The van der Waals surface area contributed by atoms with Crippen LogP contribution in [0, 0.1) is 0 Å². The molecule has 0 saturated heterocycles. The highest BCUT2D eigenvalue weighted by molar-refractivity contribution is 5.69. The van der Waals surface area contributed by atoms with Gasteiger partial charge in [0.15, 0.2) is 0 Å². The maximum Gasteiger partial charge on any atom is 0.305 e. The second kappa shape index (κ2) is 18.8. The Kier molecular flexibility index (Phi) is 17.7. The van der Waals surface area contributed by atoms with Crippen molar-refractivity contribution in [2.24, 2.45) is 0 Å². The fraction of sp³-hybridized carbons (Fsp3) is 0.714. The van der Waals surface area contributed by atoms with Crippen LogP contribution >= 0.6 is 0 Å². The molecule has 2 heteroatoms. The fourth-order valence-electron chi connectivity index (χ4n) is 2.38. The van der Waals surface area contributed by atoms with Crippen molar-refractivity contribution >= 4 is 5.97 Å². The number of esters is 1. The molecule has 132 valence electrons. The van der Waals surface area contributed by atoms with Crippen LogP contribution in [0.5, 0.6) is 0 Å². The summed E-state index contributed by atoms with van der Waals surface area (Å²) in [6.45, 7) is 2.27. The molecule has 2 nitrogen and oxygen atoms in total. The van der Waals surface area contributed by atoms with Gasteiger partial charge in [-0.05, 0) is 37.8 Å². The average Bonchev–Trinajstić information content (AvgIpc) is 2.57. The molecular formula is C21H36O2. The summed E-state index contributed by atoms with van der Waals surface area (Å²) < 4.78 is 4.57. The van der Waals surface area contributed by atoms with Crippen molar-refractivity contribution in [1.29, 1.82) is 0 Å². The molecule has 0 spiro atoms. The first-order valence-corrected chi connectivity index (χ1v) is 9.42. The van der Waals surface area contributed by atoms with Crippen LogP contribution < -0.4 is 0 Å². The first-order chi connectivity index (χ1) is 11.3. The van der Waals surface area contributed by atoms with E-state index in [1.165, 1.54) is 71.3 Å². The summed E-state index contributed by atoms with van der Waals surface area (Å²) in [7, 11) is 1.42. The zero-order valence-corrected chi connectivity index (χ0v) is 15.3. The van der Waals surface area contributed by atoms with E-state index in [1.54, 1.807) is 0 Å². The van der Waals surface area contributed by atoms with Crippen molar-refractivity contribution in [2.45, 2.75) is 90.4 Å². The summed E-state index contributed by atoms with van der Waals surface area (Å²) in [6, 6.07) is 0. The molecule has 0 atom stereocenters. The van der Waals surface area contributed by atoms with Gasteiger partial charge in [-0.1, -0.05) is 70.4 Å². The first-order valence-electron chi connectivity index (χ1n) is 9.42. The molecule has 0 aromatic carbocycles. The van der Waals surface area contributed by atoms with Crippen LogP contribution in [-0.2, 0) is 9.53 Å². The van der Waals surface area contributed by atoms with Gasteiger partial charge in [-0.2, -0.15) is 0 Å². The van der Waals surface area contributed by atoms with Crippen molar-refractivity contribution in [3.05, 3.63) is 30.0 Å². The molecule has 0 aromatic rings. The Morgan fingerprint density at radius 2 is 1.52 bits per heavy atom. The molecule has 0 aliphatic rings. The number of carbonyl (C=O) groups excluding carboxylic acids is 1. The molecule has 0 amide bonds. The second-order valence-electron chi connectivity index (χ2n) is 6.01. The lowest BCUT2D eigenvalue weighted by atomic mass is 10.1. The normalized spacial score (nSPS) is 10.5. The molecule has 0 unspecified atom stereocenters. The third kappa shape index (κ3) is 18.7. The first kappa shape index (κ1) is 21.7. The predicted molar refractivity (Wildman–Crippen MR) is 99.5 cm³/mol. The zero-order valence-electron chi connectivity index (χ0n) is 15.3. The maximum absolute atomic E-state index is 10.9. The number of allylic oxidation sites excluding steroid dienone is 3. The van der Waals surface area contributed by atoms with E-state index >= 15 is 0 Å². The standard InChI is InChI=1S/C21H36O2/c1-3-4-5-6-7-8-9-10-11-12-13-14-15-16-17-18-19-20-21(22)23-2/h13-14,16,18H,3-12,15,19-20H2,1-2H3. The summed E-state index contributed by atoms with van der Waals surface area (Å²) >= 11 is 0. The SMILES string of the molecule is CCCCCCCCCCCC=CCC=C=CCCC(=O)OC. The molecule has 0 fully saturated rings. The lowest BCUT2D eigenvalue weighted by molar-refractivity contribution is -0.140. The van der Waals surface area contributed by atoms with Crippen molar-refractivity contribution in [3.8, 4) is 0 Å². The Hall–Kier alpha value is -1.27. The Labute approximate surface area is 143 Å². The van der Waals surface area contributed by atoms with E-state index in [1.807, 2.05) is 12.2 Å². The van der Waals surface area contributed by atoms with Crippen LogP contribution in [-0.4, -0.2) is 13.1 Å². The van der Waals surface area contributed by atoms with Gasteiger partial charge in [0.05, 0.1) is 7.11 Å². The number of hydrogen-bond acceptors (Lipinski definition) is 2. The topological polar surface area (TPSA) is 26.3 Å². The molecule has 0 heterocycles. The summed E-state index contributed by atoms with van der Waals surface area (Å²) in [4.78, 5) is 10.9. The number of rotatable bonds is 15. The van der Waals surface area contributed by atoms with Crippen molar-refractivity contribution < 1.29 is 9.53 Å². The highest BCUT2D eigenvalue weighted by Gasteiger charge is 1.94. The minimum Gasteiger partial charge on any atom is -0.469 e. The van der Waals surface area contributed by atoms with Crippen molar-refractivity contribution in [3.63, 3.8) is 0 Å². The van der Waals surface area contributed by atoms with Crippen LogP contribution in [0.15, 0.2) is 30.0 Å². The number of unbranched alkanes of at least 4 members (excludes halogenated alkanes) is 9. The molecule has 0 saturated carbocycles. The van der Waals surface area contributed by atoms with Gasteiger partial charge in [0, 0.05) is 6.42 Å². The quantitative estimate of drug-likeness (QED) is 0.149.